The first-order valence-electron chi connectivity index (χ1n) is 10.3. The quantitative estimate of drug-likeness (QED) is 0.557. The van der Waals surface area contributed by atoms with Crippen molar-refractivity contribution in [1.29, 1.82) is 0 Å². The molecule has 0 N–H and O–H groups in total. The van der Waals surface area contributed by atoms with Crippen molar-refractivity contribution in [2.24, 2.45) is 0 Å². The summed E-state index contributed by atoms with van der Waals surface area (Å²) < 4.78 is 6.90. The highest BCUT2D eigenvalue weighted by Gasteiger charge is 2.26. The summed E-state index contributed by atoms with van der Waals surface area (Å²) in [6.45, 7) is 4.44. The number of aromatic nitrogens is 2. The van der Waals surface area contributed by atoms with Gasteiger partial charge in [-0.3, -0.25) is 4.79 Å². The van der Waals surface area contributed by atoms with Crippen LogP contribution in [0.2, 0.25) is 5.15 Å². The van der Waals surface area contributed by atoms with Gasteiger partial charge in [0, 0.05) is 12.2 Å². The Labute approximate surface area is 186 Å². The van der Waals surface area contributed by atoms with Crippen LogP contribution in [-0.4, -0.2) is 34.8 Å². The Morgan fingerprint density at radius 1 is 1.10 bits per heavy atom. The fourth-order valence-electron chi connectivity index (χ4n) is 3.83. The predicted molar refractivity (Wildman–Crippen MR) is 120 cm³/mol. The van der Waals surface area contributed by atoms with Crippen molar-refractivity contribution in [2.75, 3.05) is 18.1 Å². The zero-order chi connectivity index (χ0) is 22.0. The average molecular weight is 438 g/mol. The Balaban J connectivity index is 1.44. The third-order valence-electron chi connectivity index (χ3n) is 5.46. The molecule has 0 saturated carbocycles. The van der Waals surface area contributed by atoms with Crippen LogP contribution < -0.4 is 4.90 Å². The van der Waals surface area contributed by atoms with Crippen LogP contribution in [0.5, 0.6) is 0 Å². The van der Waals surface area contributed by atoms with Gasteiger partial charge >= 0.3 is 5.97 Å². The van der Waals surface area contributed by atoms with Crippen LogP contribution in [0.4, 0.5) is 5.69 Å². The first kappa shape index (κ1) is 21.1. The zero-order valence-corrected chi connectivity index (χ0v) is 18.4. The van der Waals surface area contributed by atoms with E-state index in [1.807, 2.05) is 55.5 Å². The summed E-state index contributed by atoms with van der Waals surface area (Å²) in [5.41, 5.74) is 4.86. The van der Waals surface area contributed by atoms with Crippen LogP contribution in [0.1, 0.15) is 39.2 Å². The second-order valence-electron chi connectivity index (χ2n) is 7.75. The number of anilines is 1. The Morgan fingerprint density at radius 2 is 1.84 bits per heavy atom. The van der Waals surface area contributed by atoms with Gasteiger partial charge in [0.25, 0.3) is 5.91 Å². The Morgan fingerprint density at radius 3 is 2.61 bits per heavy atom. The minimum atomic E-state index is -0.642. The monoisotopic (exact) mass is 437 g/mol. The minimum absolute atomic E-state index is 0.195. The molecule has 1 amide bonds. The fraction of sp³-hybridized carbons (Fsp3) is 0.292. The van der Waals surface area contributed by atoms with E-state index in [0.29, 0.717) is 18.8 Å². The Kier molecular flexibility index (Phi) is 6.09. The van der Waals surface area contributed by atoms with Gasteiger partial charge in [0.15, 0.2) is 6.61 Å². The van der Waals surface area contributed by atoms with Crippen molar-refractivity contribution in [3.05, 3.63) is 81.6 Å². The maximum atomic E-state index is 12.7. The number of hydrogen-bond acceptors (Lipinski definition) is 4. The number of carbonyl (C=O) groups excluding carboxylic acids is 2. The molecule has 0 unspecified atom stereocenters. The number of rotatable bonds is 5. The SMILES string of the molecule is Cc1ccc(Cn2nc(C)c(C(=O)OCC(=O)N3CCCc4ccccc43)c2Cl)cc1. The molecule has 2 heterocycles. The molecule has 160 valence electrons. The summed E-state index contributed by atoms with van der Waals surface area (Å²) >= 11 is 6.44. The molecule has 0 saturated heterocycles. The van der Waals surface area contributed by atoms with E-state index in [2.05, 4.69) is 5.10 Å². The van der Waals surface area contributed by atoms with Gasteiger partial charge in [-0.15, -0.1) is 0 Å². The highest BCUT2D eigenvalue weighted by atomic mass is 35.5. The molecule has 2 aromatic carbocycles. The summed E-state index contributed by atoms with van der Waals surface area (Å²) in [4.78, 5) is 27.1. The lowest BCUT2D eigenvalue weighted by Gasteiger charge is -2.29. The lowest BCUT2D eigenvalue weighted by molar-refractivity contribution is -0.121. The molecular formula is C24H24ClN3O3. The van der Waals surface area contributed by atoms with Crippen LogP contribution in [0.15, 0.2) is 48.5 Å². The number of aryl methyl sites for hydroxylation is 3. The molecule has 0 aliphatic carbocycles. The van der Waals surface area contributed by atoms with Crippen molar-refractivity contribution in [3.63, 3.8) is 0 Å². The van der Waals surface area contributed by atoms with Gasteiger partial charge in [0.1, 0.15) is 10.7 Å². The molecule has 6 nitrogen and oxygen atoms in total. The van der Waals surface area contributed by atoms with Gasteiger partial charge in [-0.25, -0.2) is 9.48 Å². The second-order valence-corrected chi connectivity index (χ2v) is 8.11. The van der Waals surface area contributed by atoms with E-state index >= 15 is 0 Å². The van der Waals surface area contributed by atoms with Crippen LogP contribution in [0.25, 0.3) is 0 Å². The third-order valence-corrected chi connectivity index (χ3v) is 5.84. The van der Waals surface area contributed by atoms with E-state index in [4.69, 9.17) is 16.3 Å². The molecule has 1 aromatic heterocycles. The summed E-state index contributed by atoms with van der Waals surface area (Å²) in [5, 5.41) is 4.59. The number of ether oxygens (including phenoxy) is 1. The van der Waals surface area contributed by atoms with Gasteiger partial charge in [0.05, 0.1) is 12.2 Å². The molecule has 7 heteroatoms. The standard InChI is InChI=1S/C24H24ClN3O3/c1-16-9-11-18(12-10-16)14-28-23(25)22(17(2)26-28)24(30)31-15-21(29)27-13-5-7-19-6-3-4-8-20(19)27/h3-4,6,8-12H,5,7,13-15H2,1-2H3. The van der Waals surface area contributed by atoms with Crippen LogP contribution in [0, 0.1) is 13.8 Å². The average Bonchev–Trinajstić information content (AvgIpc) is 3.05. The summed E-state index contributed by atoms with van der Waals surface area (Å²) in [7, 11) is 0. The first-order valence-corrected chi connectivity index (χ1v) is 10.7. The van der Waals surface area contributed by atoms with Crippen molar-refractivity contribution >= 4 is 29.2 Å². The first-order chi connectivity index (χ1) is 14.9. The van der Waals surface area contributed by atoms with Crippen LogP contribution in [0.3, 0.4) is 0 Å². The number of halogens is 1. The van der Waals surface area contributed by atoms with Crippen molar-refractivity contribution in [3.8, 4) is 0 Å². The predicted octanol–water partition coefficient (Wildman–Crippen LogP) is 4.34. The molecule has 0 spiro atoms. The number of hydrogen-bond donors (Lipinski definition) is 0. The number of fused-ring (bicyclic) bond motifs is 1. The highest BCUT2D eigenvalue weighted by Crippen LogP contribution is 2.27. The molecule has 0 atom stereocenters. The van der Waals surface area contributed by atoms with E-state index in [1.54, 1.807) is 16.5 Å². The maximum Gasteiger partial charge on any atom is 0.343 e. The zero-order valence-electron chi connectivity index (χ0n) is 17.6. The van der Waals surface area contributed by atoms with E-state index in [0.717, 1.165) is 35.2 Å². The largest absolute Gasteiger partial charge is 0.452 e. The van der Waals surface area contributed by atoms with Gasteiger partial charge in [-0.1, -0.05) is 59.6 Å². The number of para-hydroxylation sites is 1. The summed E-state index contributed by atoms with van der Waals surface area (Å²) in [6.07, 6.45) is 1.82. The van der Waals surface area contributed by atoms with Gasteiger partial charge in [0.2, 0.25) is 0 Å². The summed E-state index contributed by atoms with van der Waals surface area (Å²) in [6, 6.07) is 15.8. The smallest absolute Gasteiger partial charge is 0.343 e. The lowest BCUT2D eigenvalue weighted by Crippen LogP contribution is -2.38. The van der Waals surface area contributed by atoms with Crippen LogP contribution >= 0.6 is 11.6 Å². The van der Waals surface area contributed by atoms with Crippen LogP contribution in [-0.2, 0) is 22.5 Å². The van der Waals surface area contributed by atoms with Crippen molar-refractivity contribution < 1.29 is 14.3 Å². The summed E-state index contributed by atoms with van der Waals surface area (Å²) in [5.74, 6) is -0.891. The van der Waals surface area contributed by atoms with E-state index in [9.17, 15) is 9.59 Å². The van der Waals surface area contributed by atoms with Crippen molar-refractivity contribution in [1.82, 2.24) is 9.78 Å². The van der Waals surface area contributed by atoms with Crippen molar-refractivity contribution in [2.45, 2.75) is 33.2 Å². The number of amides is 1. The molecule has 0 radical (unpaired) electrons. The van der Waals surface area contributed by atoms with Gasteiger partial charge in [-0.05, 0) is 43.9 Å². The normalized spacial score (nSPS) is 13.1. The molecule has 3 aromatic rings. The number of nitrogens with zero attached hydrogens (tertiary/aromatic N) is 3. The van der Waals surface area contributed by atoms with Gasteiger partial charge in [-0.2, -0.15) is 5.10 Å². The third kappa shape index (κ3) is 4.49. The molecule has 0 bridgehead atoms. The van der Waals surface area contributed by atoms with E-state index < -0.39 is 5.97 Å². The number of esters is 1. The maximum absolute atomic E-state index is 12.7. The lowest BCUT2D eigenvalue weighted by atomic mass is 10.0. The van der Waals surface area contributed by atoms with Gasteiger partial charge < -0.3 is 9.64 Å². The fourth-order valence-corrected chi connectivity index (χ4v) is 4.14. The van der Waals surface area contributed by atoms with E-state index in [-0.39, 0.29) is 23.2 Å². The Bertz CT molecular complexity index is 1120. The Hall–Kier alpha value is -3.12. The second kappa shape index (κ2) is 8.94. The molecule has 0 fully saturated rings. The number of benzene rings is 2. The molecule has 31 heavy (non-hydrogen) atoms. The number of carbonyl (C=O) groups is 2. The highest BCUT2D eigenvalue weighted by molar-refractivity contribution is 6.32. The molecule has 1 aliphatic heterocycles. The molecular weight excluding hydrogens is 414 g/mol. The topological polar surface area (TPSA) is 64.4 Å². The minimum Gasteiger partial charge on any atom is -0.452 e. The van der Waals surface area contributed by atoms with E-state index in [1.165, 1.54) is 0 Å². The molecule has 4 rings (SSSR count). The molecule has 1 aliphatic rings.